The molecule has 2 rings (SSSR count). The molecule has 1 aromatic rings. The van der Waals surface area contributed by atoms with Crippen molar-refractivity contribution in [3.8, 4) is 0 Å². The molecule has 0 unspecified atom stereocenters. The highest BCUT2D eigenvalue weighted by Gasteiger charge is 2.29. The number of nitrogens with one attached hydrogen (secondary N) is 1. The van der Waals surface area contributed by atoms with Crippen LogP contribution in [0.15, 0.2) is 30.4 Å². The van der Waals surface area contributed by atoms with Crippen LogP contribution < -0.4 is 5.32 Å². The van der Waals surface area contributed by atoms with E-state index in [-0.39, 0.29) is 29.8 Å². The van der Waals surface area contributed by atoms with Gasteiger partial charge in [-0.15, -0.1) is 0 Å². The van der Waals surface area contributed by atoms with Crippen LogP contribution in [0.5, 0.6) is 0 Å². The lowest BCUT2D eigenvalue weighted by Crippen LogP contribution is -2.15. The lowest BCUT2D eigenvalue weighted by atomic mass is 10.0. The van der Waals surface area contributed by atoms with E-state index in [1.54, 1.807) is 0 Å². The zero-order valence-electron chi connectivity index (χ0n) is 12.7. The van der Waals surface area contributed by atoms with Crippen molar-refractivity contribution in [2.75, 3.05) is 0 Å². The van der Waals surface area contributed by atoms with Crippen molar-refractivity contribution in [3.05, 3.63) is 53.2 Å². The quantitative estimate of drug-likeness (QED) is 0.865. The van der Waals surface area contributed by atoms with Gasteiger partial charge in [0.15, 0.2) is 5.82 Å². The molecule has 1 aliphatic rings. The van der Waals surface area contributed by atoms with Crippen LogP contribution in [0.3, 0.4) is 0 Å². The van der Waals surface area contributed by atoms with Gasteiger partial charge >= 0.3 is 0 Å². The summed E-state index contributed by atoms with van der Waals surface area (Å²) in [6, 6.07) is 0. The molecule has 22 heavy (non-hydrogen) atoms. The summed E-state index contributed by atoms with van der Waals surface area (Å²) in [5.41, 5.74) is 1.04. The van der Waals surface area contributed by atoms with Crippen LogP contribution in [-0.4, -0.2) is 15.9 Å². The molecule has 0 saturated heterocycles. The largest absolute Gasteiger partial charge is 0.346 e. The topological polar surface area (TPSA) is 54.9 Å². The van der Waals surface area contributed by atoms with E-state index in [0.717, 1.165) is 13.0 Å². The predicted octanol–water partition coefficient (Wildman–Crippen LogP) is 3.58. The van der Waals surface area contributed by atoms with Crippen LogP contribution in [0.2, 0.25) is 0 Å². The fraction of sp³-hybridized carbons (Fsp3) is 0.312. The summed E-state index contributed by atoms with van der Waals surface area (Å²) < 4.78 is 27.9. The fourth-order valence-electron chi connectivity index (χ4n) is 2.30. The van der Waals surface area contributed by atoms with Gasteiger partial charge in [-0.25, -0.2) is 18.7 Å². The molecule has 0 radical (unpaired) electrons. The molecule has 1 aliphatic heterocycles. The number of halogens is 2. The third kappa shape index (κ3) is 2.81. The number of nitrogens with zero attached hydrogens (tertiary/aromatic N) is 2. The van der Waals surface area contributed by atoms with Gasteiger partial charge < -0.3 is 5.32 Å². The van der Waals surface area contributed by atoms with Crippen molar-refractivity contribution in [2.45, 2.75) is 33.2 Å². The smallest absolute Gasteiger partial charge is 0.255 e. The van der Waals surface area contributed by atoms with E-state index in [1.165, 1.54) is 6.08 Å². The van der Waals surface area contributed by atoms with E-state index in [1.807, 2.05) is 13.8 Å². The van der Waals surface area contributed by atoms with Gasteiger partial charge in [0.1, 0.15) is 11.7 Å². The van der Waals surface area contributed by atoms with E-state index in [9.17, 15) is 13.6 Å². The van der Waals surface area contributed by atoms with E-state index in [4.69, 9.17) is 0 Å². The van der Waals surface area contributed by atoms with Crippen LogP contribution >= 0.6 is 0 Å². The third-order valence-corrected chi connectivity index (χ3v) is 3.27. The molecular formula is C16H17F2N3O. The Morgan fingerprint density at radius 3 is 2.59 bits per heavy atom. The van der Waals surface area contributed by atoms with Gasteiger partial charge in [-0.2, -0.15) is 0 Å². The average molecular weight is 305 g/mol. The van der Waals surface area contributed by atoms with Crippen LogP contribution in [0.25, 0.3) is 5.57 Å². The zero-order chi connectivity index (χ0) is 16.4. The van der Waals surface area contributed by atoms with Crippen molar-refractivity contribution >= 4 is 11.5 Å². The molecule has 1 N–H and O–H groups in total. The maximum absolute atomic E-state index is 14.1. The standard InChI is InChI=1S/C16H17F2N3O/c1-5-6-10(18)12(9(4)17)15-20-11-7-19-16(22)13(11)14(21-15)8(2)3/h5-6,8H,1,7H2,2-4H3,(H,19,22)/b10-6+,12-9-. The summed E-state index contributed by atoms with van der Waals surface area (Å²) in [4.78, 5) is 20.3. The summed E-state index contributed by atoms with van der Waals surface area (Å²) in [5.74, 6) is -1.93. The van der Waals surface area contributed by atoms with E-state index < -0.39 is 11.7 Å². The number of carbonyl (C=O) groups is 1. The van der Waals surface area contributed by atoms with E-state index >= 15 is 0 Å². The molecule has 0 fully saturated rings. The highest BCUT2D eigenvalue weighted by Crippen LogP contribution is 2.30. The molecule has 116 valence electrons. The van der Waals surface area contributed by atoms with Crippen molar-refractivity contribution in [2.24, 2.45) is 0 Å². The molecule has 0 spiro atoms. The summed E-state index contributed by atoms with van der Waals surface area (Å²) in [5, 5.41) is 2.65. The van der Waals surface area contributed by atoms with Gasteiger partial charge in [-0.1, -0.05) is 26.5 Å². The lowest BCUT2D eigenvalue weighted by Gasteiger charge is -2.12. The van der Waals surface area contributed by atoms with Crippen LogP contribution in [0.1, 0.15) is 54.3 Å². The van der Waals surface area contributed by atoms with E-state index in [2.05, 4.69) is 21.9 Å². The first kappa shape index (κ1) is 16.0. The molecule has 0 aliphatic carbocycles. The maximum atomic E-state index is 14.1. The summed E-state index contributed by atoms with van der Waals surface area (Å²) in [7, 11) is 0. The average Bonchev–Trinajstić information content (AvgIpc) is 2.79. The number of rotatable bonds is 4. The number of allylic oxidation sites excluding steroid dienone is 5. The molecule has 2 heterocycles. The van der Waals surface area contributed by atoms with Crippen LogP contribution in [-0.2, 0) is 6.54 Å². The Balaban J connectivity index is 2.70. The summed E-state index contributed by atoms with van der Waals surface area (Å²) >= 11 is 0. The van der Waals surface area contributed by atoms with Crippen LogP contribution in [0, 0.1) is 0 Å². The third-order valence-electron chi connectivity index (χ3n) is 3.27. The number of amides is 1. The molecular weight excluding hydrogens is 288 g/mol. The molecule has 6 heteroatoms. The molecule has 0 saturated carbocycles. The predicted molar refractivity (Wildman–Crippen MR) is 80.4 cm³/mol. The minimum atomic E-state index is -0.804. The Labute approximate surface area is 127 Å². The molecule has 0 bridgehead atoms. The SMILES string of the molecule is C=C/C=C(F)\C(=C(/C)F)c1nc2c(c(C(C)C)n1)C(=O)NC2. The first-order valence-corrected chi connectivity index (χ1v) is 6.91. The summed E-state index contributed by atoms with van der Waals surface area (Å²) in [6.45, 7) is 8.48. The van der Waals surface area contributed by atoms with Gasteiger partial charge in [0, 0.05) is 0 Å². The van der Waals surface area contributed by atoms with E-state index in [0.29, 0.717) is 17.0 Å². The molecule has 0 atom stereocenters. The number of aromatic nitrogens is 2. The Hall–Kier alpha value is -2.37. The van der Waals surface area contributed by atoms with Crippen molar-refractivity contribution < 1.29 is 13.6 Å². The van der Waals surface area contributed by atoms with Gasteiger partial charge in [0.05, 0.1) is 29.1 Å². The Morgan fingerprint density at radius 1 is 1.36 bits per heavy atom. The number of fused-ring (bicyclic) bond motifs is 1. The van der Waals surface area contributed by atoms with Gasteiger partial charge in [-0.3, -0.25) is 4.79 Å². The minimum Gasteiger partial charge on any atom is -0.346 e. The molecule has 4 nitrogen and oxygen atoms in total. The monoisotopic (exact) mass is 305 g/mol. The van der Waals surface area contributed by atoms with Gasteiger partial charge in [-0.05, 0) is 18.9 Å². The second-order valence-electron chi connectivity index (χ2n) is 5.25. The highest BCUT2D eigenvalue weighted by molar-refractivity contribution is 5.99. The normalized spacial score (nSPS) is 15.5. The van der Waals surface area contributed by atoms with Crippen LogP contribution in [0.4, 0.5) is 8.78 Å². The zero-order valence-corrected chi connectivity index (χ0v) is 12.7. The Bertz CT molecular complexity index is 702. The number of hydrogen-bond acceptors (Lipinski definition) is 3. The second-order valence-corrected chi connectivity index (χ2v) is 5.25. The maximum Gasteiger partial charge on any atom is 0.255 e. The molecule has 0 aromatic carbocycles. The molecule has 1 amide bonds. The number of carbonyl (C=O) groups excluding carboxylic acids is 1. The summed E-state index contributed by atoms with van der Waals surface area (Å²) in [6.07, 6.45) is 2.27. The Morgan fingerprint density at radius 2 is 2.05 bits per heavy atom. The highest BCUT2D eigenvalue weighted by atomic mass is 19.1. The number of hydrogen-bond donors (Lipinski definition) is 1. The van der Waals surface area contributed by atoms with Crippen molar-refractivity contribution in [3.63, 3.8) is 0 Å². The first-order chi connectivity index (χ1) is 10.4. The first-order valence-electron chi connectivity index (χ1n) is 6.91. The van der Waals surface area contributed by atoms with Gasteiger partial charge in [0.2, 0.25) is 0 Å². The Kier molecular flexibility index (Phi) is 4.49. The molecule has 1 aromatic heterocycles. The van der Waals surface area contributed by atoms with Gasteiger partial charge in [0.25, 0.3) is 5.91 Å². The van der Waals surface area contributed by atoms with Crippen molar-refractivity contribution in [1.82, 2.24) is 15.3 Å². The second kappa shape index (κ2) is 6.17. The fourth-order valence-corrected chi connectivity index (χ4v) is 2.30. The lowest BCUT2D eigenvalue weighted by molar-refractivity contribution is 0.0964. The minimum absolute atomic E-state index is 0.0606. The van der Waals surface area contributed by atoms with Crippen molar-refractivity contribution in [1.29, 1.82) is 0 Å².